The molecule has 2 aliphatic rings. The fourth-order valence-corrected chi connectivity index (χ4v) is 4.30. The number of aromatic nitrogens is 2. The third-order valence-electron chi connectivity index (χ3n) is 4.16. The molecule has 1 N–H and O–H groups in total. The Labute approximate surface area is 160 Å². The predicted octanol–water partition coefficient (Wildman–Crippen LogP) is 4.09. The van der Waals surface area contributed by atoms with E-state index >= 15 is 0 Å². The monoisotopic (exact) mass is 414 g/mol. The van der Waals surface area contributed by atoms with E-state index in [1.165, 1.54) is 6.20 Å². The minimum Gasteiger partial charge on any atom is -0.426 e. The van der Waals surface area contributed by atoms with Gasteiger partial charge in [-0.25, -0.2) is 0 Å². The van der Waals surface area contributed by atoms with Crippen LogP contribution in [0.1, 0.15) is 24.6 Å². The molecule has 7 nitrogen and oxygen atoms in total. The number of halogens is 1. The maximum absolute atomic E-state index is 11.5. The van der Waals surface area contributed by atoms with Gasteiger partial charge in [0.15, 0.2) is 4.77 Å². The summed E-state index contributed by atoms with van der Waals surface area (Å²) >= 11 is 11.1. The quantitative estimate of drug-likeness (QED) is 0.600. The van der Waals surface area contributed by atoms with Gasteiger partial charge in [-0.3, -0.25) is 23.4 Å². The fraction of sp³-hybridized carbons (Fsp3) is 0.375. The van der Waals surface area contributed by atoms with Crippen LogP contribution in [0.25, 0.3) is 0 Å². The Morgan fingerprint density at radius 2 is 2.23 bits per heavy atom. The first kappa shape index (κ1) is 18.1. The molecule has 4 rings (SSSR count). The SMILES string of the molecule is O=c1[nH]c(=S)n(C2CCC(COP3OCc4ccccc4O3)O2)cc1Cl. The summed E-state index contributed by atoms with van der Waals surface area (Å²) < 4.78 is 25.0. The molecular formula is C16H16ClN2O5PS. The maximum Gasteiger partial charge on any atom is 0.397 e. The van der Waals surface area contributed by atoms with Gasteiger partial charge in [-0.05, 0) is 31.1 Å². The van der Waals surface area contributed by atoms with Gasteiger partial charge >= 0.3 is 8.60 Å². The van der Waals surface area contributed by atoms with E-state index in [4.69, 9.17) is 42.1 Å². The number of rotatable bonds is 4. The average molecular weight is 415 g/mol. The van der Waals surface area contributed by atoms with Crippen LogP contribution >= 0.6 is 32.4 Å². The summed E-state index contributed by atoms with van der Waals surface area (Å²) in [5.41, 5.74) is 0.608. The highest BCUT2D eigenvalue weighted by Gasteiger charge is 2.30. The number of aromatic amines is 1. The summed E-state index contributed by atoms with van der Waals surface area (Å²) in [5.74, 6) is 0.796. The number of benzene rings is 1. The van der Waals surface area contributed by atoms with E-state index in [-0.39, 0.29) is 22.1 Å². The molecule has 1 fully saturated rings. The highest BCUT2D eigenvalue weighted by Crippen LogP contribution is 2.47. The Kier molecular flexibility index (Phi) is 5.40. The molecule has 3 unspecified atom stereocenters. The van der Waals surface area contributed by atoms with Crippen molar-refractivity contribution in [3.63, 3.8) is 0 Å². The van der Waals surface area contributed by atoms with E-state index in [2.05, 4.69) is 4.98 Å². The van der Waals surface area contributed by atoms with Crippen LogP contribution in [0.4, 0.5) is 0 Å². The highest BCUT2D eigenvalue weighted by atomic mass is 35.5. The smallest absolute Gasteiger partial charge is 0.397 e. The van der Waals surface area contributed by atoms with Crippen LogP contribution < -0.4 is 10.1 Å². The molecule has 138 valence electrons. The van der Waals surface area contributed by atoms with Crippen molar-refractivity contribution in [2.45, 2.75) is 31.8 Å². The number of H-pyrrole nitrogens is 1. The van der Waals surface area contributed by atoms with Gasteiger partial charge < -0.3 is 9.26 Å². The first-order valence-electron chi connectivity index (χ1n) is 8.08. The molecule has 1 aromatic carbocycles. The van der Waals surface area contributed by atoms with Crippen LogP contribution in [0.15, 0.2) is 35.3 Å². The molecule has 3 atom stereocenters. The third kappa shape index (κ3) is 3.86. The molecule has 1 saturated heterocycles. The van der Waals surface area contributed by atoms with Crippen molar-refractivity contribution in [3.05, 3.63) is 56.2 Å². The Bertz CT molecular complexity index is 920. The molecule has 0 radical (unpaired) electrons. The zero-order valence-corrected chi connectivity index (χ0v) is 16.1. The molecule has 2 aromatic rings. The van der Waals surface area contributed by atoms with Crippen LogP contribution in [-0.4, -0.2) is 22.3 Å². The lowest BCUT2D eigenvalue weighted by atomic mass is 10.2. The molecule has 2 aliphatic heterocycles. The summed E-state index contributed by atoms with van der Waals surface area (Å²) in [5, 5.41) is 0.0769. The van der Waals surface area contributed by atoms with Gasteiger partial charge in [-0.1, -0.05) is 29.8 Å². The highest BCUT2D eigenvalue weighted by molar-refractivity contribution is 7.71. The Hall–Kier alpha value is -1.28. The van der Waals surface area contributed by atoms with Crippen molar-refractivity contribution in [2.75, 3.05) is 6.61 Å². The Morgan fingerprint density at radius 1 is 1.38 bits per heavy atom. The van der Waals surface area contributed by atoms with E-state index in [0.29, 0.717) is 13.2 Å². The molecule has 3 heterocycles. The van der Waals surface area contributed by atoms with Crippen LogP contribution in [0.3, 0.4) is 0 Å². The lowest BCUT2D eigenvalue weighted by molar-refractivity contribution is -0.0220. The topological polar surface area (TPSA) is 74.7 Å². The summed E-state index contributed by atoms with van der Waals surface area (Å²) in [6.07, 6.45) is 2.65. The molecule has 1 aromatic heterocycles. The van der Waals surface area contributed by atoms with Gasteiger partial charge in [0, 0.05) is 11.8 Å². The molecule has 0 spiro atoms. The summed E-state index contributed by atoms with van der Waals surface area (Å²) in [6, 6.07) is 7.73. The van der Waals surface area contributed by atoms with Crippen LogP contribution in [-0.2, 0) is 20.4 Å². The number of para-hydroxylation sites is 1. The van der Waals surface area contributed by atoms with Gasteiger partial charge in [-0.2, -0.15) is 0 Å². The van der Waals surface area contributed by atoms with Crippen molar-refractivity contribution < 1.29 is 18.3 Å². The van der Waals surface area contributed by atoms with Gasteiger partial charge in [0.1, 0.15) is 17.0 Å². The van der Waals surface area contributed by atoms with Crippen LogP contribution in [0.5, 0.6) is 5.75 Å². The largest absolute Gasteiger partial charge is 0.426 e. The second-order valence-electron chi connectivity index (χ2n) is 5.93. The molecule has 26 heavy (non-hydrogen) atoms. The van der Waals surface area contributed by atoms with Gasteiger partial charge in [0.05, 0.1) is 19.3 Å². The van der Waals surface area contributed by atoms with Crippen molar-refractivity contribution in [1.82, 2.24) is 9.55 Å². The van der Waals surface area contributed by atoms with Gasteiger partial charge in [0.2, 0.25) is 0 Å². The van der Waals surface area contributed by atoms with E-state index in [9.17, 15) is 4.79 Å². The van der Waals surface area contributed by atoms with E-state index < -0.39 is 14.2 Å². The lowest BCUT2D eigenvalue weighted by Crippen LogP contribution is -2.20. The molecule has 0 bridgehead atoms. The number of hydrogen-bond acceptors (Lipinski definition) is 6. The van der Waals surface area contributed by atoms with Gasteiger partial charge in [0.25, 0.3) is 5.56 Å². The van der Waals surface area contributed by atoms with Crippen molar-refractivity contribution in [3.8, 4) is 5.75 Å². The van der Waals surface area contributed by atoms with Gasteiger partial charge in [-0.15, -0.1) is 0 Å². The number of fused-ring (bicyclic) bond motifs is 1. The minimum atomic E-state index is -1.43. The summed E-state index contributed by atoms with van der Waals surface area (Å²) in [6.45, 7) is 0.829. The standard InChI is InChI=1S/C16H16ClN2O5PS/c17-12-7-19(16(26)18-15(12)20)14-6-5-11(23-14)9-22-25-21-8-10-3-1-2-4-13(10)24-25/h1-4,7,11,14H,5-6,8-9H2,(H,18,20,26). The predicted molar refractivity (Wildman–Crippen MR) is 98.8 cm³/mol. The summed E-state index contributed by atoms with van der Waals surface area (Å²) in [4.78, 5) is 14.0. The van der Waals surface area contributed by atoms with Crippen LogP contribution in [0, 0.1) is 4.77 Å². The zero-order valence-electron chi connectivity index (χ0n) is 13.6. The maximum atomic E-state index is 11.5. The molecule has 10 heteroatoms. The van der Waals surface area contributed by atoms with Crippen LogP contribution in [0.2, 0.25) is 5.02 Å². The summed E-state index contributed by atoms with van der Waals surface area (Å²) in [7, 11) is -1.43. The fourth-order valence-electron chi connectivity index (χ4n) is 2.84. The number of hydrogen-bond donors (Lipinski definition) is 1. The lowest BCUT2D eigenvalue weighted by Gasteiger charge is -2.24. The number of nitrogens with zero attached hydrogens (tertiary/aromatic N) is 1. The average Bonchev–Trinajstić information content (AvgIpc) is 3.11. The van der Waals surface area contributed by atoms with E-state index in [1.807, 2.05) is 24.3 Å². The Balaban J connectivity index is 1.34. The normalized spacial score (nSPS) is 24.9. The number of ether oxygens (including phenoxy) is 1. The van der Waals surface area contributed by atoms with Crippen molar-refractivity contribution in [1.29, 1.82) is 0 Å². The van der Waals surface area contributed by atoms with Crippen molar-refractivity contribution in [2.24, 2.45) is 0 Å². The second-order valence-corrected chi connectivity index (χ2v) is 7.87. The van der Waals surface area contributed by atoms with E-state index in [0.717, 1.165) is 24.2 Å². The third-order valence-corrected chi connectivity index (χ3v) is 5.78. The minimum absolute atomic E-state index is 0.0769. The zero-order chi connectivity index (χ0) is 18.1. The first-order chi connectivity index (χ1) is 12.6. The Morgan fingerprint density at radius 3 is 3.12 bits per heavy atom. The second kappa shape index (κ2) is 7.76. The number of nitrogens with one attached hydrogen (secondary N) is 1. The molecular weight excluding hydrogens is 399 g/mol. The molecule has 0 saturated carbocycles. The van der Waals surface area contributed by atoms with E-state index in [1.54, 1.807) is 4.57 Å². The molecule has 0 amide bonds. The first-order valence-corrected chi connectivity index (χ1v) is 9.96. The molecule has 0 aliphatic carbocycles. The van der Waals surface area contributed by atoms with Crippen molar-refractivity contribution >= 4 is 32.4 Å².